The number of nitrogens with zero attached hydrogens (tertiary/aromatic N) is 1. The molecule has 0 aromatic rings. The molecule has 0 unspecified atom stereocenters. The van der Waals surface area contributed by atoms with Crippen LogP contribution in [0.5, 0.6) is 0 Å². The highest BCUT2D eigenvalue weighted by atomic mass is 16.5. The van der Waals surface area contributed by atoms with Gasteiger partial charge in [0.25, 0.3) is 0 Å². The molecular formula is C29H45NO4. The van der Waals surface area contributed by atoms with Crippen molar-refractivity contribution in [2.75, 3.05) is 32.8 Å². The van der Waals surface area contributed by atoms with Gasteiger partial charge in [-0.25, -0.2) is 0 Å². The summed E-state index contributed by atoms with van der Waals surface area (Å²) >= 11 is 0. The average molecular weight is 472 g/mol. The van der Waals surface area contributed by atoms with E-state index in [1.165, 1.54) is 19.3 Å². The first-order valence-electron chi connectivity index (χ1n) is 13.9. The van der Waals surface area contributed by atoms with Crippen molar-refractivity contribution in [1.82, 2.24) is 4.90 Å². The first-order chi connectivity index (χ1) is 16.2. The van der Waals surface area contributed by atoms with Crippen molar-refractivity contribution in [3.8, 4) is 0 Å². The summed E-state index contributed by atoms with van der Waals surface area (Å²) in [6.07, 6.45) is 10.8. The van der Waals surface area contributed by atoms with Gasteiger partial charge in [-0.2, -0.15) is 0 Å². The van der Waals surface area contributed by atoms with Gasteiger partial charge in [-0.3, -0.25) is 14.5 Å². The van der Waals surface area contributed by atoms with E-state index in [9.17, 15) is 9.59 Å². The number of ether oxygens (including phenoxy) is 2. The molecule has 1 aliphatic heterocycles. The Kier molecular flexibility index (Phi) is 6.74. The highest BCUT2D eigenvalue weighted by Crippen LogP contribution is 2.67. The molecule has 0 radical (unpaired) electrons. The lowest BCUT2D eigenvalue weighted by molar-refractivity contribution is -0.152. The van der Waals surface area contributed by atoms with Crippen molar-refractivity contribution in [1.29, 1.82) is 0 Å². The number of allylic oxidation sites excluding steroid dienone is 1. The fraction of sp³-hybridized carbons (Fsp3) is 0.862. The number of carbonyl (C=O) groups excluding carboxylic acids is 2. The Hall–Kier alpha value is -1.20. The minimum absolute atomic E-state index is 0.0375. The summed E-state index contributed by atoms with van der Waals surface area (Å²) in [4.78, 5) is 27.4. The number of carbonyl (C=O) groups is 2. The van der Waals surface area contributed by atoms with Crippen molar-refractivity contribution >= 4 is 11.8 Å². The minimum Gasteiger partial charge on any atom is -0.462 e. The van der Waals surface area contributed by atoms with E-state index in [4.69, 9.17) is 9.47 Å². The van der Waals surface area contributed by atoms with Gasteiger partial charge >= 0.3 is 5.97 Å². The van der Waals surface area contributed by atoms with Crippen molar-refractivity contribution < 1.29 is 19.1 Å². The van der Waals surface area contributed by atoms with Crippen LogP contribution in [0.2, 0.25) is 0 Å². The van der Waals surface area contributed by atoms with Crippen LogP contribution in [-0.2, 0) is 19.1 Å². The van der Waals surface area contributed by atoms with Crippen molar-refractivity contribution in [3.05, 3.63) is 11.6 Å². The quantitative estimate of drug-likeness (QED) is 0.416. The molecule has 0 bridgehead atoms. The van der Waals surface area contributed by atoms with E-state index >= 15 is 0 Å². The lowest BCUT2D eigenvalue weighted by Crippen LogP contribution is -2.51. The van der Waals surface area contributed by atoms with Gasteiger partial charge in [0.2, 0.25) is 0 Å². The fourth-order valence-electron chi connectivity index (χ4n) is 9.28. The van der Waals surface area contributed by atoms with Gasteiger partial charge in [-0.1, -0.05) is 32.4 Å². The maximum atomic E-state index is 12.6. The maximum absolute atomic E-state index is 12.6. The number of hydrogen-bond donors (Lipinski definition) is 0. The molecule has 1 saturated heterocycles. The molecule has 5 rings (SSSR count). The predicted octanol–water partition coefficient (Wildman–Crippen LogP) is 5.03. The Labute approximate surface area is 206 Å². The van der Waals surface area contributed by atoms with Gasteiger partial charge in [0.15, 0.2) is 0 Å². The third kappa shape index (κ3) is 4.19. The number of ketones is 1. The highest BCUT2D eigenvalue weighted by Gasteiger charge is 2.61. The van der Waals surface area contributed by atoms with Crippen molar-refractivity contribution in [3.63, 3.8) is 0 Å². The molecular weight excluding hydrogens is 426 g/mol. The molecule has 190 valence electrons. The second-order valence-electron chi connectivity index (χ2n) is 12.7. The van der Waals surface area contributed by atoms with E-state index in [0.29, 0.717) is 35.9 Å². The zero-order valence-electron chi connectivity index (χ0n) is 21.8. The summed E-state index contributed by atoms with van der Waals surface area (Å²) < 4.78 is 11.4. The monoisotopic (exact) mass is 471 g/mol. The predicted molar refractivity (Wildman–Crippen MR) is 132 cm³/mol. The van der Waals surface area contributed by atoms with Crippen LogP contribution >= 0.6 is 0 Å². The van der Waals surface area contributed by atoms with Crippen LogP contribution < -0.4 is 0 Å². The lowest BCUT2D eigenvalue weighted by Gasteiger charge is -2.58. The summed E-state index contributed by atoms with van der Waals surface area (Å²) in [5.74, 6) is 3.19. The smallest absolute Gasteiger partial charge is 0.307 e. The number of esters is 1. The topological polar surface area (TPSA) is 55.8 Å². The van der Waals surface area contributed by atoms with Crippen LogP contribution in [0.25, 0.3) is 0 Å². The number of rotatable bonds is 5. The van der Waals surface area contributed by atoms with Gasteiger partial charge in [-0.15, -0.1) is 0 Å². The van der Waals surface area contributed by atoms with Crippen LogP contribution in [0.4, 0.5) is 0 Å². The molecule has 0 aromatic carbocycles. The van der Waals surface area contributed by atoms with Crippen LogP contribution in [-0.4, -0.2) is 55.6 Å². The Morgan fingerprint density at radius 3 is 2.65 bits per heavy atom. The molecule has 1 heterocycles. The van der Waals surface area contributed by atoms with Gasteiger partial charge in [-0.05, 0) is 80.0 Å². The molecule has 0 N–H and O–H groups in total. The van der Waals surface area contributed by atoms with Crippen LogP contribution in [0, 0.1) is 40.4 Å². The highest BCUT2D eigenvalue weighted by molar-refractivity contribution is 5.80. The average Bonchev–Trinajstić information content (AvgIpc) is 3.08. The molecule has 0 amide bonds. The van der Waals surface area contributed by atoms with Crippen LogP contribution in [0.3, 0.4) is 0 Å². The summed E-state index contributed by atoms with van der Waals surface area (Å²) in [5.41, 5.74) is 1.96. The summed E-state index contributed by atoms with van der Waals surface area (Å²) in [5, 5.41) is 0. The van der Waals surface area contributed by atoms with E-state index in [0.717, 1.165) is 58.5 Å². The molecule has 0 spiro atoms. The van der Waals surface area contributed by atoms with Gasteiger partial charge in [0.1, 0.15) is 11.9 Å². The maximum Gasteiger partial charge on any atom is 0.307 e. The fourth-order valence-corrected chi connectivity index (χ4v) is 9.28. The third-order valence-corrected chi connectivity index (χ3v) is 10.9. The first-order valence-corrected chi connectivity index (χ1v) is 13.9. The van der Waals surface area contributed by atoms with Gasteiger partial charge in [0, 0.05) is 32.0 Å². The summed E-state index contributed by atoms with van der Waals surface area (Å²) in [7, 11) is 0. The van der Waals surface area contributed by atoms with Crippen LogP contribution in [0.1, 0.15) is 79.1 Å². The molecule has 5 nitrogen and oxygen atoms in total. The van der Waals surface area contributed by atoms with Gasteiger partial charge in [0.05, 0.1) is 19.6 Å². The standard InChI is InChI=1S/C29H45NO4/c1-19-17-25-23-6-5-21-18-22(34-26(32)9-12-30-13-15-33-16-14-30)7-10-28(21,3)24(23)8-11-29(25,4)27(19)20(2)31/h5,19,22-25,27H,6-18H2,1-4H3/t19-,22-,23-,24-,25+,27+,28+,29+/m1/s1. The largest absolute Gasteiger partial charge is 0.462 e. The summed E-state index contributed by atoms with van der Waals surface area (Å²) in [6.45, 7) is 13.2. The van der Waals surface area contributed by atoms with E-state index in [1.54, 1.807) is 5.57 Å². The second kappa shape index (κ2) is 9.35. The summed E-state index contributed by atoms with van der Waals surface area (Å²) in [6, 6.07) is 0. The zero-order chi connectivity index (χ0) is 24.1. The SMILES string of the molecule is CC(=O)[C@@H]1[C@H](C)C[C@H]2[C@@H]3CC=C4C[C@H](OC(=O)CCN5CCOCC5)CC[C@]4(C)[C@@H]3CC[C@]12C. The molecule has 0 aromatic heterocycles. The van der Waals surface area contributed by atoms with Crippen LogP contribution in [0.15, 0.2) is 11.6 Å². The molecule has 5 aliphatic rings. The molecule has 5 heteroatoms. The van der Waals surface area contributed by atoms with Crippen molar-refractivity contribution in [2.24, 2.45) is 40.4 Å². The van der Waals surface area contributed by atoms with E-state index in [2.05, 4.69) is 31.7 Å². The number of hydrogen-bond acceptors (Lipinski definition) is 5. The van der Waals surface area contributed by atoms with Crippen molar-refractivity contribution in [2.45, 2.75) is 85.2 Å². The number of Topliss-reactive ketones (excluding diaryl/α,β-unsaturated/α-hetero) is 1. The zero-order valence-corrected chi connectivity index (χ0v) is 21.8. The molecule has 34 heavy (non-hydrogen) atoms. The molecule has 4 fully saturated rings. The van der Waals surface area contributed by atoms with E-state index in [1.807, 2.05) is 6.92 Å². The first kappa shape index (κ1) is 24.5. The normalized spacial score (nSPS) is 44.4. The Morgan fingerprint density at radius 2 is 1.91 bits per heavy atom. The molecule has 8 atom stereocenters. The molecule has 3 saturated carbocycles. The number of fused-ring (bicyclic) bond motifs is 5. The van der Waals surface area contributed by atoms with E-state index < -0.39 is 0 Å². The lowest BCUT2D eigenvalue weighted by atomic mass is 9.47. The Balaban J connectivity index is 1.22. The van der Waals surface area contributed by atoms with Gasteiger partial charge < -0.3 is 9.47 Å². The molecule has 4 aliphatic carbocycles. The second-order valence-corrected chi connectivity index (χ2v) is 12.7. The van der Waals surface area contributed by atoms with E-state index in [-0.39, 0.29) is 28.8 Å². The Morgan fingerprint density at radius 1 is 1.15 bits per heavy atom. The Bertz CT molecular complexity index is 832. The third-order valence-electron chi connectivity index (χ3n) is 10.9. The number of morpholine rings is 1. The minimum atomic E-state index is -0.0435.